The first-order valence-corrected chi connectivity index (χ1v) is 8.14. The van der Waals surface area contributed by atoms with Gasteiger partial charge in [-0.25, -0.2) is 0 Å². The number of hydrogen-bond donors (Lipinski definition) is 1. The van der Waals surface area contributed by atoms with E-state index in [1.807, 2.05) is 11.8 Å². The van der Waals surface area contributed by atoms with E-state index in [-0.39, 0.29) is 0 Å². The minimum absolute atomic E-state index is 0.722. The summed E-state index contributed by atoms with van der Waals surface area (Å²) in [5, 5.41) is 3.47. The van der Waals surface area contributed by atoms with Crippen molar-refractivity contribution in [3.05, 3.63) is 24.3 Å². The second-order valence-corrected chi connectivity index (χ2v) is 6.27. The van der Waals surface area contributed by atoms with Crippen molar-refractivity contribution in [1.82, 2.24) is 5.32 Å². The van der Waals surface area contributed by atoms with Gasteiger partial charge in [-0.3, -0.25) is 0 Å². The minimum atomic E-state index is 0.722. The topological polar surface area (TPSA) is 15.3 Å². The van der Waals surface area contributed by atoms with Gasteiger partial charge in [-0.1, -0.05) is 12.1 Å². The first-order chi connectivity index (χ1) is 8.83. The van der Waals surface area contributed by atoms with Gasteiger partial charge in [0.2, 0.25) is 0 Å². The van der Waals surface area contributed by atoms with Crippen LogP contribution in [-0.2, 0) is 0 Å². The fourth-order valence-corrected chi connectivity index (χ4v) is 4.25. The second-order valence-electron chi connectivity index (χ2n) is 5.42. The number of nitrogens with zero attached hydrogens (tertiary/aromatic N) is 1. The van der Waals surface area contributed by atoms with Crippen LogP contribution in [0.1, 0.15) is 25.7 Å². The highest BCUT2D eigenvalue weighted by atomic mass is 32.2. The van der Waals surface area contributed by atoms with Crippen LogP contribution in [0.5, 0.6) is 0 Å². The molecule has 98 valence electrons. The molecule has 0 aliphatic carbocycles. The molecule has 2 nitrogen and oxygen atoms in total. The monoisotopic (exact) mass is 262 g/mol. The Labute approximate surface area is 114 Å². The normalized spacial score (nSPS) is 30.8. The third kappa shape index (κ3) is 2.04. The van der Waals surface area contributed by atoms with Gasteiger partial charge in [0.1, 0.15) is 0 Å². The molecule has 1 N–H and O–H groups in total. The summed E-state index contributed by atoms with van der Waals surface area (Å²) >= 11 is 1.87. The fraction of sp³-hybridized carbons (Fsp3) is 0.600. The van der Waals surface area contributed by atoms with Crippen molar-refractivity contribution < 1.29 is 0 Å². The summed E-state index contributed by atoms with van der Waals surface area (Å²) in [4.78, 5) is 4.14. The Morgan fingerprint density at radius 3 is 2.44 bits per heavy atom. The quantitative estimate of drug-likeness (QED) is 0.843. The first kappa shape index (κ1) is 12.4. The Bertz CT molecular complexity index is 407. The van der Waals surface area contributed by atoms with Crippen LogP contribution in [0.3, 0.4) is 0 Å². The van der Waals surface area contributed by atoms with Crippen LogP contribution in [0.4, 0.5) is 5.69 Å². The van der Waals surface area contributed by atoms with E-state index in [9.17, 15) is 0 Å². The van der Waals surface area contributed by atoms with Crippen molar-refractivity contribution >= 4 is 17.4 Å². The van der Waals surface area contributed by atoms with E-state index in [2.05, 4.69) is 47.8 Å². The SMILES string of the molecule is CNC1CC2CCC(C1)N2c1ccccc1SC. The van der Waals surface area contributed by atoms with Crippen LogP contribution >= 0.6 is 11.8 Å². The smallest absolute Gasteiger partial charge is 0.0509 e. The summed E-state index contributed by atoms with van der Waals surface area (Å²) in [5.74, 6) is 0. The van der Waals surface area contributed by atoms with E-state index in [4.69, 9.17) is 0 Å². The van der Waals surface area contributed by atoms with Crippen LogP contribution in [0.25, 0.3) is 0 Å². The average Bonchev–Trinajstić information content (AvgIpc) is 2.68. The van der Waals surface area contributed by atoms with Gasteiger partial charge in [0, 0.05) is 23.0 Å². The Kier molecular flexibility index (Phi) is 3.53. The minimum Gasteiger partial charge on any atom is -0.365 e. The molecule has 0 amide bonds. The highest BCUT2D eigenvalue weighted by Gasteiger charge is 2.40. The number of para-hydroxylation sites is 1. The zero-order valence-corrected chi connectivity index (χ0v) is 12.0. The van der Waals surface area contributed by atoms with E-state index >= 15 is 0 Å². The number of rotatable bonds is 3. The van der Waals surface area contributed by atoms with Gasteiger partial charge in [-0.2, -0.15) is 0 Å². The molecule has 2 unspecified atom stereocenters. The van der Waals surface area contributed by atoms with Gasteiger partial charge in [0.25, 0.3) is 0 Å². The largest absolute Gasteiger partial charge is 0.365 e. The number of fused-ring (bicyclic) bond motifs is 2. The summed E-state index contributed by atoms with van der Waals surface area (Å²) in [5.41, 5.74) is 1.46. The molecule has 0 saturated carbocycles. The molecule has 2 bridgehead atoms. The summed E-state index contributed by atoms with van der Waals surface area (Å²) in [7, 11) is 2.11. The van der Waals surface area contributed by atoms with Crippen LogP contribution in [-0.4, -0.2) is 31.4 Å². The molecular weight excluding hydrogens is 240 g/mol. The van der Waals surface area contributed by atoms with Crippen LogP contribution in [0.15, 0.2) is 29.2 Å². The third-order valence-corrected chi connectivity index (χ3v) is 5.29. The van der Waals surface area contributed by atoms with Crippen molar-refractivity contribution in [2.45, 2.75) is 48.7 Å². The number of piperidine rings is 1. The predicted octanol–water partition coefficient (Wildman–Crippen LogP) is 3.13. The molecule has 2 atom stereocenters. The lowest BCUT2D eigenvalue weighted by atomic mass is 9.97. The highest BCUT2D eigenvalue weighted by Crippen LogP contribution is 2.42. The summed E-state index contributed by atoms with van der Waals surface area (Å²) < 4.78 is 0. The van der Waals surface area contributed by atoms with Crippen LogP contribution in [0.2, 0.25) is 0 Å². The van der Waals surface area contributed by atoms with Crippen molar-refractivity contribution in [2.24, 2.45) is 0 Å². The van der Waals surface area contributed by atoms with E-state index in [1.165, 1.54) is 36.3 Å². The predicted molar refractivity (Wildman–Crippen MR) is 79.6 cm³/mol. The third-order valence-electron chi connectivity index (χ3n) is 4.50. The molecule has 0 spiro atoms. The first-order valence-electron chi connectivity index (χ1n) is 6.92. The average molecular weight is 262 g/mol. The van der Waals surface area contributed by atoms with Crippen LogP contribution < -0.4 is 10.2 Å². The standard InChI is InChI=1S/C15H22N2S/c1-16-11-9-12-7-8-13(10-11)17(12)14-5-3-4-6-15(14)18-2/h3-6,11-13,16H,7-10H2,1-2H3. The maximum absolute atomic E-state index is 3.47. The van der Waals surface area contributed by atoms with E-state index in [0.717, 1.165) is 18.1 Å². The molecule has 2 heterocycles. The zero-order valence-electron chi connectivity index (χ0n) is 11.2. The number of nitrogens with one attached hydrogen (secondary N) is 1. The molecule has 2 fully saturated rings. The lowest BCUT2D eigenvalue weighted by molar-refractivity contribution is 0.372. The van der Waals surface area contributed by atoms with E-state index < -0.39 is 0 Å². The number of hydrogen-bond acceptors (Lipinski definition) is 3. The van der Waals surface area contributed by atoms with Crippen LogP contribution in [0, 0.1) is 0 Å². The van der Waals surface area contributed by atoms with Gasteiger partial charge in [0.15, 0.2) is 0 Å². The number of thioether (sulfide) groups is 1. The van der Waals surface area contributed by atoms with Gasteiger partial charge in [-0.05, 0) is 51.1 Å². The van der Waals surface area contributed by atoms with Gasteiger partial charge in [-0.15, -0.1) is 11.8 Å². The van der Waals surface area contributed by atoms with Gasteiger partial charge < -0.3 is 10.2 Å². The van der Waals surface area contributed by atoms with E-state index in [0.29, 0.717) is 0 Å². The number of anilines is 1. The maximum atomic E-state index is 3.47. The second kappa shape index (κ2) is 5.14. The molecule has 0 aromatic heterocycles. The molecule has 2 aliphatic rings. The van der Waals surface area contributed by atoms with Crippen molar-refractivity contribution in [2.75, 3.05) is 18.2 Å². The molecule has 2 saturated heterocycles. The summed E-state index contributed by atoms with van der Waals surface area (Å²) in [6, 6.07) is 11.1. The maximum Gasteiger partial charge on any atom is 0.0509 e. The van der Waals surface area contributed by atoms with Gasteiger partial charge in [0.05, 0.1) is 5.69 Å². The molecule has 1 aromatic rings. The molecule has 18 heavy (non-hydrogen) atoms. The molecule has 3 rings (SSSR count). The van der Waals surface area contributed by atoms with Crippen molar-refractivity contribution in [1.29, 1.82) is 0 Å². The highest BCUT2D eigenvalue weighted by molar-refractivity contribution is 7.98. The molecular formula is C15H22N2S. The molecule has 3 heteroatoms. The van der Waals surface area contributed by atoms with Gasteiger partial charge >= 0.3 is 0 Å². The Morgan fingerprint density at radius 1 is 1.17 bits per heavy atom. The lowest BCUT2D eigenvalue weighted by Gasteiger charge is -2.41. The Morgan fingerprint density at radius 2 is 1.83 bits per heavy atom. The molecule has 2 aliphatic heterocycles. The lowest BCUT2D eigenvalue weighted by Crippen LogP contribution is -2.48. The summed E-state index contributed by atoms with van der Waals surface area (Å²) in [6.07, 6.45) is 7.52. The summed E-state index contributed by atoms with van der Waals surface area (Å²) in [6.45, 7) is 0. The van der Waals surface area contributed by atoms with Crippen molar-refractivity contribution in [3.63, 3.8) is 0 Å². The van der Waals surface area contributed by atoms with E-state index in [1.54, 1.807) is 0 Å². The number of benzene rings is 1. The molecule has 1 aromatic carbocycles. The Balaban J connectivity index is 1.89. The molecule has 0 radical (unpaired) electrons. The van der Waals surface area contributed by atoms with Crippen molar-refractivity contribution in [3.8, 4) is 0 Å². The zero-order chi connectivity index (χ0) is 12.5. The fourth-order valence-electron chi connectivity index (χ4n) is 3.65. The Hall–Kier alpha value is -0.670.